The Bertz CT molecular complexity index is 805. The molecule has 6 heteroatoms. The van der Waals surface area contributed by atoms with E-state index in [4.69, 9.17) is 4.74 Å². The highest BCUT2D eigenvalue weighted by atomic mass is 32.2. The van der Waals surface area contributed by atoms with Crippen LogP contribution in [0.15, 0.2) is 53.4 Å². The van der Waals surface area contributed by atoms with Gasteiger partial charge in [0.2, 0.25) is 10.0 Å². The van der Waals surface area contributed by atoms with Crippen LogP contribution in [0.5, 0.6) is 5.75 Å². The molecule has 1 aliphatic rings. The van der Waals surface area contributed by atoms with Crippen molar-refractivity contribution in [1.29, 1.82) is 0 Å². The van der Waals surface area contributed by atoms with Crippen molar-refractivity contribution in [2.24, 2.45) is 0 Å². The zero-order valence-corrected chi connectivity index (χ0v) is 14.3. The van der Waals surface area contributed by atoms with Crippen LogP contribution in [0.3, 0.4) is 0 Å². The van der Waals surface area contributed by atoms with Crippen LogP contribution >= 0.6 is 0 Å². The maximum absolute atomic E-state index is 13.5. The molecule has 2 aromatic carbocycles. The van der Waals surface area contributed by atoms with Crippen LogP contribution < -0.4 is 4.74 Å². The van der Waals surface area contributed by atoms with Crippen molar-refractivity contribution in [3.05, 3.63) is 59.9 Å². The van der Waals surface area contributed by atoms with E-state index in [1.807, 2.05) is 6.92 Å². The molecule has 3 rings (SSSR count). The van der Waals surface area contributed by atoms with Gasteiger partial charge in [-0.25, -0.2) is 12.8 Å². The number of rotatable bonds is 5. The van der Waals surface area contributed by atoms with Gasteiger partial charge in [0, 0.05) is 6.54 Å². The van der Waals surface area contributed by atoms with Gasteiger partial charge in [-0.05, 0) is 61.7 Å². The molecule has 1 aliphatic heterocycles. The molecule has 1 fully saturated rings. The molecule has 128 valence electrons. The molecule has 0 saturated carbocycles. The molecule has 1 atom stereocenters. The van der Waals surface area contributed by atoms with Crippen molar-refractivity contribution >= 4 is 10.0 Å². The van der Waals surface area contributed by atoms with Crippen LogP contribution in [0.1, 0.15) is 31.4 Å². The quantitative estimate of drug-likeness (QED) is 0.826. The second kappa shape index (κ2) is 6.91. The number of ether oxygens (including phenoxy) is 1. The molecular weight excluding hydrogens is 329 g/mol. The fraction of sp³-hybridized carbons (Fsp3) is 0.333. The minimum atomic E-state index is -3.63. The van der Waals surface area contributed by atoms with E-state index in [1.165, 1.54) is 16.4 Å². The first-order valence-corrected chi connectivity index (χ1v) is 9.46. The molecule has 0 spiro atoms. The lowest BCUT2D eigenvalue weighted by atomic mass is 10.1. The SMILES string of the molecule is CCOc1ccc(S(=O)(=O)N2CCC[C@@H]2c2cccc(F)c2)cc1. The van der Waals surface area contributed by atoms with Crippen LogP contribution in [0.2, 0.25) is 0 Å². The van der Waals surface area contributed by atoms with Gasteiger partial charge in [-0.15, -0.1) is 0 Å². The van der Waals surface area contributed by atoms with Gasteiger partial charge in [0.25, 0.3) is 0 Å². The molecule has 1 saturated heterocycles. The Morgan fingerprint density at radius 1 is 1.21 bits per heavy atom. The van der Waals surface area contributed by atoms with E-state index < -0.39 is 10.0 Å². The van der Waals surface area contributed by atoms with Crippen LogP contribution in [0.25, 0.3) is 0 Å². The van der Waals surface area contributed by atoms with Crippen LogP contribution in [0, 0.1) is 5.82 Å². The van der Waals surface area contributed by atoms with Crippen molar-refractivity contribution in [3.63, 3.8) is 0 Å². The summed E-state index contributed by atoms with van der Waals surface area (Å²) < 4.78 is 46.3. The summed E-state index contributed by atoms with van der Waals surface area (Å²) in [6, 6.07) is 12.3. The van der Waals surface area contributed by atoms with Gasteiger partial charge < -0.3 is 4.74 Å². The summed E-state index contributed by atoms with van der Waals surface area (Å²) in [6.07, 6.45) is 1.46. The zero-order chi connectivity index (χ0) is 17.2. The maximum atomic E-state index is 13.5. The first-order chi connectivity index (χ1) is 11.5. The van der Waals surface area contributed by atoms with Crippen molar-refractivity contribution in [1.82, 2.24) is 4.31 Å². The third-order valence-electron chi connectivity index (χ3n) is 4.18. The third kappa shape index (κ3) is 3.30. The number of hydrogen-bond acceptors (Lipinski definition) is 3. The molecule has 0 aromatic heterocycles. The highest BCUT2D eigenvalue weighted by molar-refractivity contribution is 7.89. The Morgan fingerprint density at radius 2 is 1.96 bits per heavy atom. The maximum Gasteiger partial charge on any atom is 0.243 e. The van der Waals surface area contributed by atoms with Crippen LogP contribution in [-0.4, -0.2) is 25.9 Å². The van der Waals surface area contributed by atoms with Gasteiger partial charge in [0.15, 0.2) is 0 Å². The van der Waals surface area contributed by atoms with Crippen molar-refractivity contribution in [3.8, 4) is 5.75 Å². The lowest BCUT2D eigenvalue weighted by Gasteiger charge is -2.24. The van der Waals surface area contributed by atoms with Gasteiger partial charge in [-0.1, -0.05) is 12.1 Å². The number of nitrogens with zero attached hydrogens (tertiary/aromatic N) is 1. The van der Waals surface area contributed by atoms with Crippen molar-refractivity contribution < 1.29 is 17.5 Å². The first kappa shape index (κ1) is 16.9. The molecule has 0 unspecified atom stereocenters. The Labute approximate surface area is 141 Å². The second-order valence-electron chi connectivity index (χ2n) is 5.73. The molecule has 0 N–H and O–H groups in total. The summed E-state index contributed by atoms with van der Waals surface area (Å²) in [7, 11) is -3.63. The minimum Gasteiger partial charge on any atom is -0.494 e. The number of benzene rings is 2. The van der Waals surface area contributed by atoms with Crippen LogP contribution in [-0.2, 0) is 10.0 Å². The third-order valence-corrected chi connectivity index (χ3v) is 6.10. The predicted octanol–water partition coefficient (Wildman–Crippen LogP) is 3.75. The average molecular weight is 349 g/mol. The standard InChI is InChI=1S/C18H20FNO3S/c1-2-23-16-8-10-17(11-9-16)24(21,22)20-12-4-7-18(20)14-5-3-6-15(19)13-14/h3,5-6,8-11,13,18H,2,4,7,12H2,1H3/t18-/m1/s1. The smallest absolute Gasteiger partial charge is 0.243 e. The van der Waals surface area contributed by atoms with E-state index in [-0.39, 0.29) is 16.8 Å². The molecule has 0 radical (unpaired) electrons. The van der Waals surface area contributed by atoms with Gasteiger partial charge in [0.1, 0.15) is 11.6 Å². The lowest BCUT2D eigenvalue weighted by Crippen LogP contribution is -2.30. The van der Waals surface area contributed by atoms with E-state index in [9.17, 15) is 12.8 Å². The number of hydrogen-bond donors (Lipinski definition) is 0. The molecule has 0 bridgehead atoms. The van der Waals surface area contributed by atoms with E-state index in [0.29, 0.717) is 30.9 Å². The largest absolute Gasteiger partial charge is 0.494 e. The highest BCUT2D eigenvalue weighted by Crippen LogP contribution is 2.36. The molecule has 0 aliphatic carbocycles. The Balaban J connectivity index is 1.90. The minimum absolute atomic E-state index is 0.231. The molecule has 1 heterocycles. The van der Waals surface area contributed by atoms with E-state index in [0.717, 1.165) is 6.42 Å². The van der Waals surface area contributed by atoms with E-state index in [1.54, 1.807) is 36.4 Å². The van der Waals surface area contributed by atoms with Gasteiger partial charge >= 0.3 is 0 Å². The number of sulfonamides is 1. The summed E-state index contributed by atoms with van der Waals surface area (Å²) in [5.41, 5.74) is 0.696. The molecule has 2 aromatic rings. The lowest BCUT2D eigenvalue weighted by molar-refractivity contribution is 0.340. The molecule has 0 amide bonds. The fourth-order valence-electron chi connectivity index (χ4n) is 3.08. The summed E-state index contributed by atoms with van der Waals surface area (Å²) in [5.74, 6) is 0.289. The molecular formula is C18H20FNO3S. The van der Waals surface area contributed by atoms with Crippen LogP contribution in [0.4, 0.5) is 4.39 Å². The number of halogens is 1. The topological polar surface area (TPSA) is 46.6 Å². The van der Waals surface area contributed by atoms with Crippen molar-refractivity contribution in [2.75, 3.05) is 13.2 Å². The van der Waals surface area contributed by atoms with E-state index >= 15 is 0 Å². The van der Waals surface area contributed by atoms with Gasteiger partial charge in [-0.3, -0.25) is 0 Å². The predicted molar refractivity (Wildman–Crippen MR) is 89.9 cm³/mol. The first-order valence-electron chi connectivity index (χ1n) is 8.02. The average Bonchev–Trinajstić information content (AvgIpc) is 3.06. The van der Waals surface area contributed by atoms with Crippen molar-refractivity contribution in [2.45, 2.75) is 30.7 Å². The summed E-state index contributed by atoms with van der Waals surface area (Å²) in [5, 5.41) is 0. The highest BCUT2D eigenvalue weighted by Gasteiger charge is 2.36. The Morgan fingerprint density at radius 3 is 2.62 bits per heavy atom. The Hall–Kier alpha value is -1.92. The fourth-order valence-corrected chi connectivity index (χ4v) is 4.77. The zero-order valence-electron chi connectivity index (χ0n) is 13.5. The summed E-state index contributed by atoms with van der Waals surface area (Å²) in [6.45, 7) is 2.84. The van der Waals surface area contributed by atoms with Gasteiger partial charge in [0.05, 0.1) is 17.5 Å². The second-order valence-corrected chi connectivity index (χ2v) is 7.62. The monoisotopic (exact) mass is 349 g/mol. The van der Waals surface area contributed by atoms with E-state index in [2.05, 4.69) is 0 Å². The molecule has 24 heavy (non-hydrogen) atoms. The normalized spacial score (nSPS) is 18.7. The van der Waals surface area contributed by atoms with Gasteiger partial charge in [-0.2, -0.15) is 4.31 Å². The summed E-state index contributed by atoms with van der Waals surface area (Å²) in [4.78, 5) is 0.231. The summed E-state index contributed by atoms with van der Waals surface area (Å²) >= 11 is 0. The Kier molecular flexibility index (Phi) is 4.87. The molecule has 4 nitrogen and oxygen atoms in total.